The number of halogens is 2. The van der Waals surface area contributed by atoms with Crippen LogP contribution in [0.2, 0.25) is 0 Å². The van der Waals surface area contributed by atoms with Crippen LogP contribution in [0, 0.1) is 5.82 Å². The van der Waals surface area contributed by atoms with Gasteiger partial charge in [0.05, 0.1) is 19.2 Å². The Morgan fingerprint density at radius 1 is 1.20 bits per heavy atom. The van der Waals surface area contributed by atoms with Crippen LogP contribution < -0.4 is 20.5 Å². The summed E-state index contributed by atoms with van der Waals surface area (Å²) in [5.74, 6) is 1.85. The molecule has 0 fully saturated rings. The van der Waals surface area contributed by atoms with E-state index < -0.39 is 0 Å². The molecule has 1 aliphatic heterocycles. The van der Waals surface area contributed by atoms with Crippen molar-refractivity contribution in [3.63, 3.8) is 0 Å². The predicted molar refractivity (Wildman–Crippen MR) is 124 cm³/mol. The Balaban J connectivity index is 0.00000256. The lowest BCUT2D eigenvalue weighted by Gasteiger charge is -2.26. The van der Waals surface area contributed by atoms with Crippen LogP contribution in [0.3, 0.4) is 0 Å². The topological polar surface area (TPSA) is 81.8 Å². The smallest absolute Gasteiger partial charge is 0.219 e. The van der Waals surface area contributed by atoms with E-state index >= 15 is 0 Å². The van der Waals surface area contributed by atoms with E-state index in [1.165, 1.54) is 12.1 Å². The normalized spacial score (nSPS) is 15.4. The minimum absolute atomic E-state index is 0. The summed E-state index contributed by atoms with van der Waals surface area (Å²) in [6.07, 6.45) is 2.46. The standard InChI is InChI=1S/C22H21FN4O2.HI/c23-16-5-7-17(8-6-16)29-21-13-15(9-11-25-21)14-26-22(24)27-19-10-12-28-20-4-2-1-3-18(19)20;/h1-9,11,13,19H,10,12,14H2,(H3,24,26,27);1H. The molecule has 1 atom stereocenters. The molecule has 3 aromatic rings. The number of nitrogens with one attached hydrogen (secondary N) is 1. The molecule has 1 aliphatic rings. The number of nitrogens with two attached hydrogens (primary N) is 1. The van der Waals surface area contributed by atoms with Crippen LogP contribution in [0.5, 0.6) is 17.4 Å². The highest BCUT2D eigenvalue weighted by Gasteiger charge is 2.21. The number of hydrogen-bond acceptors (Lipinski definition) is 4. The van der Waals surface area contributed by atoms with Gasteiger partial charge < -0.3 is 20.5 Å². The predicted octanol–water partition coefficient (Wildman–Crippen LogP) is 4.56. The lowest BCUT2D eigenvalue weighted by molar-refractivity contribution is 0.262. The number of nitrogens with zero attached hydrogens (tertiary/aromatic N) is 2. The van der Waals surface area contributed by atoms with Gasteiger partial charge in [-0.25, -0.2) is 14.4 Å². The summed E-state index contributed by atoms with van der Waals surface area (Å²) in [5, 5.41) is 3.27. The zero-order valence-corrected chi connectivity index (χ0v) is 18.5. The van der Waals surface area contributed by atoms with Crippen molar-refractivity contribution in [2.75, 3.05) is 6.61 Å². The Morgan fingerprint density at radius 2 is 2.00 bits per heavy atom. The van der Waals surface area contributed by atoms with Crippen LogP contribution in [-0.4, -0.2) is 17.6 Å². The van der Waals surface area contributed by atoms with E-state index in [0.717, 1.165) is 23.3 Å². The van der Waals surface area contributed by atoms with Crippen molar-refractivity contribution in [2.24, 2.45) is 10.7 Å². The van der Waals surface area contributed by atoms with Gasteiger partial charge in [0, 0.05) is 24.2 Å². The molecule has 0 aliphatic carbocycles. The van der Waals surface area contributed by atoms with E-state index in [0.29, 0.717) is 30.7 Å². The first-order chi connectivity index (χ1) is 14.2. The second-order valence-corrected chi connectivity index (χ2v) is 6.63. The van der Waals surface area contributed by atoms with Crippen LogP contribution >= 0.6 is 24.0 Å². The Hall–Kier alpha value is -2.88. The fourth-order valence-corrected chi connectivity index (χ4v) is 3.12. The highest BCUT2D eigenvalue weighted by atomic mass is 127. The van der Waals surface area contributed by atoms with E-state index in [-0.39, 0.29) is 35.8 Å². The molecule has 30 heavy (non-hydrogen) atoms. The molecule has 0 amide bonds. The zero-order valence-electron chi connectivity index (χ0n) is 16.1. The van der Waals surface area contributed by atoms with Gasteiger partial charge in [-0.3, -0.25) is 0 Å². The lowest BCUT2D eigenvalue weighted by Crippen LogP contribution is -2.37. The van der Waals surface area contributed by atoms with E-state index in [2.05, 4.69) is 15.3 Å². The fourth-order valence-electron chi connectivity index (χ4n) is 3.12. The average Bonchev–Trinajstić information content (AvgIpc) is 2.75. The van der Waals surface area contributed by atoms with Crippen LogP contribution in [0.15, 0.2) is 71.9 Å². The van der Waals surface area contributed by atoms with Crippen LogP contribution in [-0.2, 0) is 6.54 Å². The molecule has 4 rings (SSSR count). The molecule has 0 spiro atoms. The second-order valence-electron chi connectivity index (χ2n) is 6.63. The van der Waals surface area contributed by atoms with Gasteiger partial charge in [-0.1, -0.05) is 18.2 Å². The van der Waals surface area contributed by atoms with Gasteiger partial charge in [0.15, 0.2) is 5.96 Å². The van der Waals surface area contributed by atoms with E-state index in [4.69, 9.17) is 15.2 Å². The number of para-hydroxylation sites is 1. The molecular formula is C22H22FIN4O2. The third-order valence-corrected chi connectivity index (χ3v) is 4.55. The third kappa shape index (κ3) is 5.59. The van der Waals surface area contributed by atoms with Crippen molar-refractivity contribution in [2.45, 2.75) is 19.0 Å². The van der Waals surface area contributed by atoms with Crippen LogP contribution in [0.25, 0.3) is 0 Å². The summed E-state index contributed by atoms with van der Waals surface area (Å²) in [4.78, 5) is 8.61. The molecule has 156 valence electrons. The van der Waals surface area contributed by atoms with E-state index in [9.17, 15) is 4.39 Å². The number of benzene rings is 2. The van der Waals surface area contributed by atoms with Gasteiger partial charge >= 0.3 is 0 Å². The molecule has 8 heteroatoms. The number of ether oxygens (including phenoxy) is 2. The molecule has 1 unspecified atom stereocenters. The maximum atomic E-state index is 13.0. The molecule has 0 saturated carbocycles. The summed E-state index contributed by atoms with van der Waals surface area (Å²) in [6.45, 7) is 1.02. The number of guanidine groups is 1. The van der Waals surface area contributed by atoms with Crippen molar-refractivity contribution < 1.29 is 13.9 Å². The highest BCUT2D eigenvalue weighted by molar-refractivity contribution is 14.0. The minimum Gasteiger partial charge on any atom is -0.493 e. The highest BCUT2D eigenvalue weighted by Crippen LogP contribution is 2.31. The van der Waals surface area contributed by atoms with Gasteiger partial charge in [0.1, 0.15) is 17.3 Å². The minimum atomic E-state index is -0.316. The average molecular weight is 520 g/mol. The Bertz CT molecular complexity index is 1010. The number of fused-ring (bicyclic) bond motifs is 1. The van der Waals surface area contributed by atoms with Gasteiger partial charge in [-0.15, -0.1) is 24.0 Å². The molecule has 0 radical (unpaired) electrons. The Kier molecular flexibility index (Phi) is 7.45. The summed E-state index contributed by atoms with van der Waals surface area (Å²) in [6, 6.07) is 17.4. The quantitative estimate of drug-likeness (QED) is 0.293. The van der Waals surface area contributed by atoms with Gasteiger partial charge in [-0.05, 0) is 42.0 Å². The SMILES string of the molecule is I.NC(=NCc1ccnc(Oc2ccc(F)cc2)c1)NC1CCOc2ccccc21. The second kappa shape index (κ2) is 10.2. The largest absolute Gasteiger partial charge is 0.493 e. The van der Waals surface area contributed by atoms with Crippen molar-refractivity contribution >= 4 is 29.9 Å². The van der Waals surface area contributed by atoms with Gasteiger partial charge in [-0.2, -0.15) is 0 Å². The van der Waals surface area contributed by atoms with E-state index in [1.807, 2.05) is 30.3 Å². The van der Waals surface area contributed by atoms with Gasteiger partial charge in [0.2, 0.25) is 5.88 Å². The van der Waals surface area contributed by atoms with Crippen molar-refractivity contribution in [1.82, 2.24) is 10.3 Å². The third-order valence-electron chi connectivity index (χ3n) is 4.55. The molecular weight excluding hydrogens is 498 g/mol. The number of pyridine rings is 1. The number of hydrogen-bond donors (Lipinski definition) is 2. The van der Waals surface area contributed by atoms with Crippen molar-refractivity contribution in [1.29, 1.82) is 0 Å². The van der Waals surface area contributed by atoms with Crippen LogP contribution in [0.1, 0.15) is 23.6 Å². The first-order valence-electron chi connectivity index (χ1n) is 9.34. The Morgan fingerprint density at radius 3 is 2.83 bits per heavy atom. The zero-order chi connectivity index (χ0) is 20.1. The molecule has 2 aromatic carbocycles. The summed E-state index contributed by atoms with van der Waals surface area (Å²) < 4.78 is 24.3. The fraction of sp³-hybridized carbons (Fsp3) is 0.182. The maximum absolute atomic E-state index is 13.0. The Labute approximate surface area is 191 Å². The van der Waals surface area contributed by atoms with Crippen molar-refractivity contribution in [3.8, 4) is 17.4 Å². The monoisotopic (exact) mass is 520 g/mol. The van der Waals surface area contributed by atoms with E-state index in [1.54, 1.807) is 24.4 Å². The summed E-state index contributed by atoms with van der Waals surface area (Å²) in [7, 11) is 0. The lowest BCUT2D eigenvalue weighted by atomic mass is 10.0. The number of aliphatic imine (C=N–C) groups is 1. The molecule has 0 saturated heterocycles. The van der Waals surface area contributed by atoms with Crippen molar-refractivity contribution in [3.05, 3.63) is 83.8 Å². The summed E-state index contributed by atoms with van der Waals surface area (Å²) >= 11 is 0. The van der Waals surface area contributed by atoms with Gasteiger partial charge in [0.25, 0.3) is 0 Å². The molecule has 3 N–H and O–H groups in total. The first kappa shape index (κ1) is 21.8. The first-order valence-corrected chi connectivity index (χ1v) is 9.34. The number of aromatic nitrogens is 1. The van der Waals surface area contributed by atoms with Crippen LogP contribution in [0.4, 0.5) is 4.39 Å². The molecule has 1 aromatic heterocycles. The summed E-state index contributed by atoms with van der Waals surface area (Å²) in [5.41, 5.74) is 8.08. The molecule has 6 nitrogen and oxygen atoms in total. The number of rotatable bonds is 5. The molecule has 2 heterocycles. The maximum Gasteiger partial charge on any atom is 0.219 e. The molecule has 0 bridgehead atoms.